The van der Waals surface area contributed by atoms with Crippen molar-refractivity contribution in [3.05, 3.63) is 36.5 Å². The molecule has 0 aromatic rings. The van der Waals surface area contributed by atoms with E-state index >= 15 is 0 Å². The van der Waals surface area contributed by atoms with Gasteiger partial charge in [-0.2, -0.15) is 0 Å². The molecular weight excluding hydrogens is 296 g/mol. The summed E-state index contributed by atoms with van der Waals surface area (Å²) >= 11 is 0. The zero-order valence-electron chi connectivity index (χ0n) is 15.7. The third kappa shape index (κ3) is 20.7. The van der Waals surface area contributed by atoms with E-state index in [-0.39, 0.29) is 0 Å². The maximum absolute atomic E-state index is 10.4. The second-order valence-electron chi connectivity index (χ2n) is 6.44. The molecule has 0 aromatic heterocycles. The lowest BCUT2D eigenvalue weighted by Crippen LogP contribution is -1.93. The zero-order chi connectivity index (χ0) is 17.7. The third-order valence-electron chi connectivity index (χ3n) is 4.03. The molecule has 0 heterocycles. The monoisotopic (exact) mass is 334 g/mol. The van der Waals surface area contributed by atoms with Gasteiger partial charge in [0, 0.05) is 6.42 Å². The summed E-state index contributed by atoms with van der Waals surface area (Å²) in [6.45, 7) is 2.26. The molecule has 0 amide bonds. The fraction of sp³-hybridized carbons (Fsp3) is 0.682. The van der Waals surface area contributed by atoms with Gasteiger partial charge in [0.15, 0.2) is 0 Å². The molecule has 2 heteroatoms. The molecular formula is C22H38O2. The van der Waals surface area contributed by atoms with Crippen molar-refractivity contribution in [3.63, 3.8) is 0 Å². The molecule has 0 unspecified atom stereocenters. The molecule has 0 aliphatic heterocycles. The van der Waals surface area contributed by atoms with Crippen molar-refractivity contribution in [3.8, 4) is 0 Å². The largest absolute Gasteiger partial charge is 0.481 e. The minimum Gasteiger partial charge on any atom is -0.481 e. The van der Waals surface area contributed by atoms with Crippen LogP contribution in [0.2, 0.25) is 0 Å². The van der Waals surface area contributed by atoms with Crippen molar-refractivity contribution >= 4 is 5.97 Å². The van der Waals surface area contributed by atoms with Crippen molar-refractivity contribution in [1.82, 2.24) is 0 Å². The highest BCUT2D eigenvalue weighted by molar-refractivity contribution is 5.66. The Balaban J connectivity index is 3.28. The average Bonchev–Trinajstić information content (AvgIpc) is 2.56. The number of aliphatic carboxylic acids is 1. The standard InChI is InChI=1S/C22H38O2/c1-2-3-4-5-6-7-8-9-10-11-12-13-14-15-16-17-18-19-20-21-22(23)24/h8-9,11-12,14-15H,2-7,10,13,16-21H2,1H3,(H,23,24)/b9-8-,12-11-,15-14-. The molecule has 2 nitrogen and oxygen atoms in total. The number of rotatable bonds is 17. The van der Waals surface area contributed by atoms with Crippen LogP contribution in [0.25, 0.3) is 0 Å². The first-order valence-electron chi connectivity index (χ1n) is 9.94. The van der Waals surface area contributed by atoms with Crippen molar-refractivity contribution in [1.29, 1.82) is 0 Å². The van der Waals surface area contributed by atoms with E-state index in [1.807, 2.05) is 0 Å². The van der Waals surface area contributed by atoms with Gasteiger partial charge in [0.25, 0.3) is 0 Å². The number of carboxylic acids is 1. The highest BCUT2D eigenvalue weighted by Crippen LogP contribution is 2.07. The van der Waals surface area contributed by atoms with Gasteiger partial charge in [-0.15, -0.1) is 0 Å². The number of hydrogen-bond acceptors (Lipinski definition) is 1. The molecule has 138 valence electrons. The summed E-state index contributed by atoms with van der Waals surface area (Å²) in [5, 5.41) is 8.54. The van der Waals surface area contributed by atoms with Crippen LogP contribution in [0, 0.1) is 0 Å². The van der Waals surface area contributed by atoms with E-state index in [0.717, 1.165) is 38.5 Å². The lowest BCUT2D eigenvalue weighted by atomic mass is 10.1. The fourth-order valence-electron chi connectivity index (χ4n) is 2.54. The Kier molecular flexibility index (Phi) is 18.7. The van der Waals surface area contributed by atoms with Gasteiger partial charge in [0.2, 0.25) is 0 Å². The van der Waals surface area contributed by atoms with Gasteiger partial charge in [0.1, 0.15) is 0 Å². The maximum atomic E-state index is 10.4. The smallest absolute Gasteiger partial charge is 0.303 e. The molecule has 0 aromatic carbocycles. The van der Waals surface area contributed by atoms with Crippen LogP contribution in [-0.2, 0) is 4.79 Å². The van der Waals surface area contributed by atoms with Crippen molar-refractivity contribution in [2.45, 2.75) is 96.8 Å². The third-order valence-corrected chi connectivity index (χ3v) is 4.03. The summed E-state index contributed by atoms with van der Waals surface area (Å²) in [5.74, 6) is -0.677. The Labute approximate surface area is 149 Å². The van der Waals surface area contributed by atoms with E-state index in [0.29, 0.717) is 6.42 Å². The predicted molar refractivity (Wildman–Crippen MR) is 105 cm³/mol. The Bertz CT molecular complexity index is 353. The van der Waals surface area contributed by atoms with Gasteiger partial charge in [-0.05, 0) is 44.9 Å². The average molecular weight is 335 g/mol. The Morgan fingerprint density at radius 1 is 0.667 bits per heavy atom. The number of allylic oxidation sites excluding steroid dienone is 6. The van der Waals surface area contributed by atoms with Crippen LogP contribution in [0.1, 0.15) is 96.8 Å². The van der Waals surface area contributed by atoms with Gasteiger partial charge in [-0.1, -0.05) is 81.9 Å². The number of unbranched alkanes of at least 4 members (excludes halogenated alkanes) is 9. The number of carboxylic acid groups (broad SMARTS) is 1. The van der Waals surface area contributed by atoms with Crippen LogP contribution in [0.15, 0.2) is 36.5 Å². The molecule has 0 radical (unpaired) electrons. The van der Waals surface area contributed by atoms with E-state index in [4.69, 9.17) is 5.11 Å². The van der Waals surface area contributed by atoms with Crippen molar-refractivity contribution in [2.75, 3.05) is 0 Å². The van der Waals surface area contributed by atoms with Crippen molar-refractivity contribution in [2.24, 2.45) is 0 Å². The number of hydrogen-bond donors (Lipinski definition) is 1. The van der Waals surface area contributed by atoms with Gasteiger partial charge < -0.3 is 5.11 Å². The van der Waals surface area contributed by atoms with Crippen LogP contribution >= 0.6 is 0 Å². The summed E-state index contributed by atoms with van der Waals surface area (Å²) in [6, 6.07) is 0. The second-order valence-corrected chi connectivity index (χ2v) is 6.44. The van der Waals surface area contributed by atoms with Gasteiger partial charge in [-0.3, -0.25) is 4.79 Å². The molecule has 0 saturated carbocycles. The minimum atomic E-state index is -0.677. The molecule has 0 saturated heterocycles. The van der Waals surface area contributed by atoms with E-state index < -0.39 is 5.97 Å². The summed E-state index contributed by atoms with van der Waals surface area (Å²) in [4.78, 5) is 10.4. The molecule has 1 N–H and O–H groups in total. The lowest BCUT2D eigenvalue weighted by molar-refractivity contribution is -0.137. The quantitative estimate of drug-likeness (QED) is 0.225. The molecule has 0 spiro atoms. The summed E-state index contributed by atoms with van der Waals surface area (Å²) in [5.41, 5.74) is 0. The Morgan fingerprint density at radius 2 is 1.12 bits per heavy atom. The van der Waals surface area contributed by atoms with Crippen molar-refractivity contribution < 1.29 is 9.90 Å². The van der Waals surface area contributed by atoms with Gasteiger partial charge in [0.05, 0.1) is 0 Å². The Morgan fingerprint density at radius 3 is 1.62 bits per heavy atom. The molecule has 0 bridgehead atoms. The van der Waals surface area contributed by atoms with Crippen LogP contribution in [0.4, 0.5) is 0 Å². The summed E-state index contributed by atoms with van der Waals surface area (Å²) in [6.07, 6.45) is 29.2. The fourth-order valence-corrected chi connectivity index (χ4v) is 2.54. The molecule has 24 heavy (non-hydrogen) atoms. The molecule has 0 atom stereocenters. The maximum Gasteiger partial charge on any atom is 0.303 e. The molecule has 0 aliphatic carbocycles. The van der Waals surface area contributed by atoms with E-state index in [1.54, 1.807) is 0 Å². The second kappa shape index (κ2) is 19.7. The lowest BCUT2D eigenvalue weighted by Gasteiger charge is -1.96. The van der Waals surface area contributed by atoms with E-state index in [9.17, 15) is 4.79 Å². The van der Waals surface area contributed by atoms with Crippen LogP contribution in [0.3, 0.4) is 0 Å². The highest BCUT2D eigenvalue weighted by atomic mass is 16.4. The Hall–Kier alpha value is -1.31. The van der Waals surface area contributed by atoms with E-state index in [2.05, 4.69) is 43.4 Å². The molecule has 0 aliphatic rings. The zero-order valence-corrected chi connectivity index (χ0v) is 15.7. The molecule has 0 fully saturated rings. The first-order chi connectivity index (χ1) is 11.8. The van der Waals surface area contributed by atoms with E-state index in [1.165, 1.54) is 44.9 Å². The SMILES string of the molecule is CCCCCCC/C=C\C/C=C\C/C=C\CCCCCCC(=O)O. The first kappa shape index (κ1) is 22.7. The van der Waals surface area contributed by atoms with Gasteiger partial charge >= 0.3 is 5.97 Å². The topological polar surface area (TPSA) is 37.3 Å². The predicted octanol–water partition coefficient (Wildman–Crippen LogP) is 7.22. The van der Waals surface area contributed by atoms with Crippen LogP contribution in [0.5, 0.6) is 0 Å². The van der Waals surface area contributed by atoms with Crippen LogP contribution in [-0.4, -0.2) is 11.1 Å². The van der Waals surface area contributed by atoms with Crippen LogP contribution < -0.4 is 0 Å². The first-order valence-corrected chi connectivity index (χ1v) is 9.94. The number of carbonyl (C=O) groups is 1. The van der Waals surface area contributed by atoms with Gasteiger partial charge in [-0.25, -0.2) is 0 Å². The summed E-state index contributed by atoms with van der Waals surface area (Å²) in [7, 11) is 0. The molecule has 0 rings (SSSR count). The highest BCUT2D eigenvalue weighted by Gasteiger charge is 1.95. The minimum absolute atomic E-state index is 0.313. The summed E-state index contributed by atoms with van der Waals surface area (Å²) < 4.78 is 0. The normalized spacial score (nSPS) is 12.0.